The second-order valence-electron chi connectivity index (χ2n) is 2.31. The molecule has 0 aliphatic carbocycles. The van der Waals surface area contributed by atoms with Gasteiger partial charge in [0.15, 0.2) is 0 Å². The molecule has 0 aromatic carbocycles. The van der Waals surface area contributed by atoms with E-state index in [-0.39, 0.29) is 0 Å². The van der Waals surface area contributed by atoms with Gasteiger partial charge in [-0.15, -0.1) is 0 Å². The fourth-order valence-corrected chi connectivity index (χ4v) is 1.49. The molecule has 0 saturated heterocycles. The predicted octanol–water partition coefficient (Wildman–Crippen LogP) is 1.87. The summed E-state index contributed by atoms with van der Waals surface area (Å²) in [6.45, 7) is 0.700. The lowest BCUT2D eigenvalue weighted by atomic mass is 10.3. The molecule has 14 heavy (non-hydrogen) atoms. The maximum absolute atomic E-state index is 10.6. The molecule has 0 aliphatic rings. The van der Waals surface area contributed by atoms with Crippen molar-refractivity contribution >= 4 is 16.5 Å². The minimum Gasteiger partial charge on any atom is -0.314 e. The summed E-state index contributed by atoms with van der Waals surface area (Å²) in [5.74, 6) is 0. The fourth-order valence-electron chi connectivity index (χ4n) is 0.633. The minimum atomic E-state index is -2.31. The molecule has 0 saturated carbocycles. The van der Waals surface area contributed by atoms with Gasteiger partial charge in [0, 0.05) is 14.2 Å². The van der Waals surface area contributed by atoms with Crippen molar-refractivity contribution in [1.82, 2.24) is 0 Å². The molecule has 0 heterocycles. The molecule has 0 radical (unpaired) electrons. The van der Waals surface area contributed by atoms with Gasteiger partial charge in [0.1, 0.15) is 0 Å². The second kappa shape index (κ2) is 9.84. The summed E-state index contributed by atoms with van der Waals surface area (Å²) in [5.41, 5.74) is 0. The van der Waals surface area contributed by atoms with Gasteiger partial charge in [0.2, 0.25) is 0 Å². The Bertz CT molecular complexity index is 165. The zero-order valence-corrected chi connectivity index (χ0v) is 10.3. The molecule has 8 heteroatoms. The first kappa shape index (κ1) is 14.3. The van der Waals surface area contributed by atoms with Gasteiger partial charge in [-0.2, -0.15) is 0 Å². The number of hydrogen-bond donors (Lipinski definition) is 0. The van der Waals surface area contributed by atoms with Crippen molar-refractivity contribution in [2.24, 2.45) is 0 Å². The van der Waals surface area contributed by atoms with Crippen LogP contribution < -0.4 is 0 Å². The van der Waals surface area contributed by atoms with Crippen LogP contribution in [0.3, 0.4) is 0 Å². The monoisotopic (exact) mass is 246 g/mol. The topological polar surface area (TPSA) is 71.1 Å². The van der Waals surface area contributed by atoms with E-state index in [0.717, 1.165) is 0 Å². The van der Waals surface area contributed by atoms with Crippen molar-refractivity contribution in [2.45, 2.75) is 12.8 Å². The SMILES string of the molecule is CO[PH](=O)OCCCCO[PH](=O)OC. The van der Waals surface area contributed by atoms with Crippen LogP contribution in [0.25, 0.3) is 0 Å². The van der Waals surface area contributed by atoms with Gasteiger partial charge < -0.3 is 18.1 Å². The first-order valence-electron chi connectivity index (χ1n) is 4.12. The fraction of sp³-hybridized carbons (Fsp3) is 1.00. The summed E-state index contributed by atoms with van der Waals surface area (Å²) in [6.07, 6.45) is 1.36. The Morgan fingerprint density at radius 3 is 1.50 bits per heavy atom. The lowest BCUT2D eigenvalue weighted by Gasteiger charge is -2.03. The average Bonchev–Trinajstić information content (AvgIpc) is 2.22. The van der Waals surface area contributed by atoms with E-state index >= 15 is 0 Å². The summed E-state index contributed by atoms with van der Waals surface area (Å²) in [5, 5.41) is 0. The summed E-state index contributed by atoms with van der Waals surface area (Å²) in [6, 6.07) is 0. The molecule has 0 aromatic heterocycles. The van der Waals surface area contributed by atoms with Crippen molar-refractivity contribution in [3.63, 3.8) is 0 Å². The van der Waals surface area contributed by atoms with Crippen LogP contribution >= 0.6 is 16.5 Å². The molecule has 2 unspecified atom stereocenters. The summed E-state index contributed by atoms with van der Waals surface area (Å²) >= 11 is 0. The minimum absolute atomic E-state index is 0.350. The highest BCUT2D eigenvalue weighted by Crippen LogP contribution is 2.23. The number of hydrogen-bond acceptors (Lipinski definition) is 6. The quantitative estimate of drug-likeness (QED) is 0.457. The molecule has 2 atom stereocenters. The van der Waals surface area contributed by atoms with Gasteiger partial charge in [-0.25, -0.2) is 0 Å². The van der Waals surface area contributed by atoms with Crippen molar-refractivity contribution in [1.29, 1.82) is 0 Å². The molecule has 86 valence electrons. The van der Waals surface area contributed by atoms with Crippen LogP contribution in [0.4, 0.5) is 0 Å². The van der Waals surface area contributed by atoms with E-state index in [1.54, 1.807) is 0 Å². The molecule has 0 bridgehead atoms. The van der Waals surface area contributed by atoms with E-state index in [1.807, 2.05) is 0 Å². The molecule has 6 nitrogen and oxygen atoms in total. The molecule has 0 aliphatic heterocycles. The Labute approximate surface area is 84.8 Å². The van der Waals surface area contributed by atoms with E-state index < -0.39 is 16.5 Å². The third kappa shape index (κ3) is 8.88. The Morgan fingerprint density at radius 1 is 0.857 bits per heavy atom. The van der Waals surface area contributed by atoms with E-state index in [0.29, 0.717) is 26.1 Å². The van der Waals surface area contributed by atoms with Crippen molar-refractivity contribution in [3.05, 3.63) is 0 Å². The molecule has 0 fully saturated rings. The van der Waals surface area contributed by atoms with E-state index in [9.17, 15) is 9.13 Å². The Hall–Kier alpha value is 0.300. The highest BCUT2D eigenvalue weighted by atomic mass is 31.1. The zero-order valence-electron chi connectivity index (χ0n) is 8.28. The van der Waals surface area contributed by atoms with Crippen LogP contribution in [0.2, 0.25) is 0 Å². The molecule has 0 N–H and O–H groups in total. The lowest BCUT2D eigenvalue weighted by molar-refractivity contribution is 0.225. The largest absolute Gasteiger partial charge is 0.318 e. The molecule has 0 spiro atoms. The molecular weight excluding hydrogens is 230 g/mol. The van der Waals surface area contributed by atoms with Crippen LogP contribution in [0, 0.1) is 0 Å². The number of rotatable bonds is 9. The first-order chi connectivity index (χ1) is 6.70. The standard InChI is InChI=1S/C6H16O6P2/c1-9-13(7)11-5-3-4-6-12-14(8)10-2/h13-14H,3-6H2,1-2H3. The average molecular weight is 246 g/mol. The predicted molar refractivity (Wildman–Crippen MR) is 53.2 cm³/mol. The maximum Gasteiger partial charge on any atom is 0.318 e. The maximum atomic E-state index is 10.6. The van der Waals surface area contributed by atoms with Crippen LogP contribution in [0.5, 0.6) is 0 Å². The highest BCUT2D eigenvalue weighted by molar-refractivity contribution is 7.33. The van der Waals surface area contributed by atoms with Crippen LogP contribution in [-0.2, 0) is 27.2 Å². The van der Waals surface area contributed by atoms with Gasteiger partial charge in [-0.3, -0.25) is 9.13 Å². The van der Waals surface area contributed by atoms with Gasteiger partial charge in [-0.05, 0) is 12.8 Å². The Balaban J connectivity index is 3.14. The molecule has 0 rings (SSSR count). The summed E-state index contributed by atoms with van der Waals surface area (Å²) in [7, 11) is -1.96. The van der Waals surface area contributed by atoms with Gasteiger partial charge in [0.05, 0.1) is 13.2 Å². The first-order valence-corrected chi connectivity index (χ1v) is 6.57. The summed E-state index contributed by atoms with van der Waals surface area (Å²) in [4.78, 5) is 0. The smallest absolute Gasteiger partial charge is 0.314 e. The van der Waals surface area contributed by atoms with Crippen molar-refractivity contribution in [3.8, 4) is 0 Å². The van der Waals surface area contributed by atoms with Crippen LogP contribution in [0.15, 0.2) is 0 Å². The van der Waals surface area contributed by atoms with Crippen molar-refractivity contribution in [2.75, 3.05) is 27.4 Å². The van der Waals surface area contributed by atoms with E-state index in [1.165, 1.54) is 14.2 Å². The summed E-state index contributed by atoms with van der Waals surface area (Å²) < 4.78 is 39.8. The third-order valence-corrected chi connectivity index (χ3v) is 2.86. The zero-order chi connectivity index (χ0) is 10.8. The molecule has 0 aromatic rings. The van der Waals surface area contributed by atoms with Crippen molar-refractivity contribution < 1.29 is 27.2 Å². The molecule has 0 amide bonds. The molecular formula is C6H16O6P2. The Morgan fingerprint density at radius 2 is 1.21 bits per heavy atom. The number of unbranched alkanes of at least 4 members (excludes halogenated alkanes) is 1. The third-order valence-electron chi connectivity index (χ3n) is 1.31. The van der Waals surface area contributed by atoms with E-state index in [4.69, 9.17) is 9.05 Å². The van der Waals surface area contributed by atoms with Gasteiger partial charge >= 0.3 is 16.5 Å². The van der Waals surface area contributed by atoms with Gasteiger partial charge in [0.25, 0.3) is 0 Å². The van der Waals surface area contributed by atoms with Gasteiger partial charge in [-0.1, -0.05) is 0 Å². The normalized spacial score (nSPS) is 15.3. The Kier molecular flexibility index (Phi) is 10.1. The highest BCUT2D eigenvalue weighted by Gasteiger charge is 1.98. The second-order valence-corrected chi connectivity index (χ2v) is 4.71. The lowest BCUT2D eigenvalue weighted by Crippen LogP contribution is -1.92. The van der Waals surface area contributed by atoms with Crippen LogP contribution in [-0.4, -0.2) is 27.4 Å². The van der Waals surface area contributed by atoms with Crippen LogP contribution in [0.1, 0.15) is 12.8 Å². The van der Waals surface area contributed by atoms with E-state index in [2.05, 4.69) is 9.05 Å².